The van der Waals surface area contributed by atoms with Crippen LogP contribution in [0.5, 0.6) is 0 Å². The van der Waals surface area contributed by atoms with Gasteiger partial charge in [-0.05, 0) is 91.5 Å². The van der Waals surface area contributed by atoms with E-state index in [0.29, 0.717) is 17.6 Å². The molecule has 2 heterocycles. The average molecular weight is 491 g/mol. The van der Waals surface area contributed by atoms with Crippen molar-refractivity contribution in [1.29, 1.82) is 0 Å². The SMILES string of the molecule is CCCCC1CCc2cnn(-c3cccc(-c4cccc(-n5ncc(C(O)=C6CC6)c5C5CC5)c4)c3)c21. The van der Waals surface area contributed by atoms with Gasteiger partial charge in [0.2, 0.25) is 0 Å². The molecule has 2 saturated carbocycles. The van der Waals surface area contributed by atoms with E-state index in [-0.39, 0.29) is 0 Å². The zero-order valence-electron chi connectivity index (χ0n) is 21.5. The van der Waals surface area contributed by atoms with Crippen LogP contribution in [0.15, 0.2) is 66.5 Å². The summed E-state index contributed by atoms with van der Waals surface area (Å²) in [7, 11) is 0. The van der Waals surface area contributed by atoms with E-state index in [2.05, 4.69) is 71.0 Å². The highest BCUT2D eigenvalue weighted by Gasteiger charge is 2.33. The maximum Gasteiger partial charge on any atom is 0.125 e. The van der Waals surface area contributed by atoms with Gasteiger partial charge in [-0.25, -0.2) is 9.36 Å². The van der Waals surface area contributed by atoms with Gasteiger partial charge in [-0.2, -0.15) is 10.2 Å². The molecule has 3 aliphatic rings. The Bertz CT molecular complexity index is 1500. The van der Waals surface area contributed by atoms with Crippen molar-refractivity contribution in [2.24, 2.45) is 0 Å². The van der Waals surface area contributed by atoms with Crippen molar-refractivity contribution >= 4 is 5.76 Å². The van der Waals surface area contributed by atoms with Crippen LogP contribution in [0.25, 0.3) is 28.3 Å². The lowest BCUT2D eigenvalue weighted by Crippen LogP contribution is -2.06. The molecule has 0 amide bonds. The molecule has 37 heavy (non-hydrogen) atoms. The van der Waals surface area contributed by atoms with E-state index in [0.717, 1.165) is 65.9 Å². The molecular weight excluding hydrogens is 456 g/mol. The smallest absolute Gasteiger partial charge is 0.125 e. The predicted molar refractivity (Wildman–Crippen MR) is 147 cm³/mol. The van der Waals surface area contributed by atoms with Crippen molar-refractivity contribution in [2.75, 3.05) is 0 Å². The molecule has 0 spiro atoms. The lowest BCUT2D eigenvalue weighted by molar-refractivity contribution is 0.508. The molecule has 4 aromatic rings. The Morgan fingerprint density at radius 1 is 0.865 bits per heavy atom. The predicted octanol–water partition coefficient (Wildman–Crippen LogP) is 7.89. The molecule has 0 saturated heterocycles. The molecule has 188 valence electrons. The number of aryl methyl sites for hydroxylation is 1. The van der Waals surface area contributed by atoms with Crippen LogP contribution in [0.2, 0.25) is 0 Å². The number of benzene rings is 2. The monoisotopic (exact) mass is 490 g/mol. The Morgan fingerprint density at radius 3 is 2.19 bits per heavy atom. The standard InChI is InChI=1S/C32H34N4O/c1-2-3-6-21-13-16-26-19-33-35(30(21)26)27-9-4-7-24(17-27)25-8-5-10-28(18-25)36-31(22-11-12-22)29(20-34-36)32(37)23-14-15-23/h4-5,7-10,17-22,37H,2-3,6,11-16H2,1H3. The maximum absolute atomic E-state index is 10.8. The molecule has 1 unspecified atom stereocenters. The van der Waals surface area contributed by atoms with Crippen LogP contribution >= 0.6 is 0 Å². The zero-order valence-corrected chi connectivity index (χ0v) is 21.5. The van der Waals surface area contributed by atoms with Crippen LogP contribution in [-0.4, -0.2) is 24.7 Å². The first kappa shape index (κ1) is 22.6. The first-order chi connectivity index (χ1) is 18.2. The van der Waals surface area contributed by atoms with Crippen LogP contribution in [0.1, 0.15) is 92.6 Å². The van der Waals surface area contributed by atoms with Gasteiger partial charge in [0.05, 0.1) is 40.7 Å². The number of aromatic nitrogens is 4. The average Bonchev–Trinajstić information content (AvgIpc) is 3.84. The number of hydrogen-bond donors (Lipinski definition) is 1. The van der Waals surface area contributed by atoms with Crippen LogP contribution in [0.3, 0.4) is 0 Å². The lowest BCUT2D eigenvalue weighted by atomic mass is 9.99. The molecule has 0 radical (unpaired) electrons. The third-order valence-corrected chi connectivity index (χ3v) is 8.32. The van der Waals surface area contributed by atoms with Crippen molar-refractivity contribution in [3.8, 4) is 22.5 Å². The molecule has 2 aromatic heterocycles. The number of aliphatic hydroxyl groups is 1. The van der Waals surface area contributed by atoms with Gasteiger partial charge in [0.25, 0.3) is 0 Å². The summed E-state index contributed by atoms with van der Waals surface area (Å²) in [5, 5.41) is 20.4. The van der Waals surface area contributed by atoms with E-state index < -0.39 is 0 Å². The van der Waals surface area contributed by atoms with Gasteiger partial charge in [-0.15, -0.1) is 0 Å². The fourth-order valence-electron chi connectivity index (χ4n) is 6.04. The van der Waals surface area contributed by atoms with Crippen LogP contribution in [-0.2, 0) is 6.42 Å². The molecule has 5 heteroatoms. The Balaban J connectivity index is 1.24. The summed E-state index contributed by atoms with van der Waals surface area (Å²) in [5.74, 6) is 1.55. The van der Waals surface area contributed by atoms with Crippen LogP contribution in [0, 0.1) is 0 Å². The molecule has 1 atom stereocenters. The van der Waals surface area contributed by atoms with Gasteiger partial charge in [-0.1, -0.05) is 44.0 Å². The largest absolute Gasteiger partial charge is 0.507 e. The molecule has 3 aliphatic carbocycles. The molecule has 1 N–H and O–H groups in total. The molecule has 0 aliphatic heterocycles. The van der Waals surface area contributed by atoms with Crippen LogP contribution < -0.4 is 0 Å². The van der Waals surface area contributed by atoms with E-state index in [9.17, 15) is 5.11 Å². The highest BCUT2D eigenvalue weighted by atomic mass is 16.3. The number of nitrogens with zero attached hydrogens (tertiary/aromatic N) is 4. The van der Waals surface area contributed by atoms with Crippen LogP contribution in [0.4, 0.5) is 0 Å². The van der Waals surface area contributed by atoms with Crippen molar-refractivity contribution in [3.05, 3.63) is 89.0 Å². The Kier molecular flexibility index (Phi) is 5.53. The summed E-state index contributed by atoms with van der Waals surface area (Å²) in [6.45, 7) is 2.27. The number of aliphatic hydroxyl groups excluding tert-OH is 1. The molecule has 2 fully saturated rings. The fraction of sp³-hybridized carbons (Fsp3) is 0.375. The van der Waals surface area contributed by atoms with E-state index >= 15 is 0 Å². The molecule has 2 aromatic carbocycles. The summed E-state index contributed by atoms with van der Waals surface area (Å²) < 4.78 is 4.24. The third kappa shape index (κ3) is 4.11. The first-order valence-electron chi connectivity index (χ1n) is 14.0. The second kappa shape index (κ2) is 9.05. The van der Waals surface area contributed by atoms with Gasteiger partial charge in [-0.3, -0.25) is 0 Å². The van der Waals surface area contributed by atoms with E-state index in [1.54, 1.807) is 0 Å². The molecule has 5 nitrogen and oxygen atoms in total. The topological polar surface area (TPSA) is 55.9 Å². The number of hydrogen-bond acceptors (Lipinski definition) is 3. The normalized spacial score (nSPS) is 18.3. The van der Waals surface area contributed by atoms with Gasteiger partial charge >= 0.3 is 0 Å². The number of fused-ring (bicyclic) bond motifs is 1. The lowest BCUT2D eigenvalue weighted by Gasteiger charge is -2.15. The summed E-state index contributed by atoms with van der Waals surface area (Å²) >= 11 is 0. The quantitative estimate of drug-likeness (QED) is 0.256. The summed E-state index contributed by atoms with van der Waals surface area (Å²) in [6, 6.07) is 17.4. The highest BCUT2D eigenvalue weighted by Crippen LogP contribution is 2.46. The number of rotatable bonds is 8. The number of unbranched alkanes of at least 4 members (excludes halogenated alkanes) is 1. The summed E-state index contributed by atoms with van der Waals surface area (Å²) in [6.07, 6.45) is 14.4. The Morgan fingerprint density at radius 2 is 1.54 bits per heavy atom. The van der Waals surface area contributed by atoms with Gasteiger partial charge in [0.1, 0.15) is 5.76 Å². The minimum atomic E-state index is 0.459. The van der Waals surface area contributed by atoms with Gasteiger partial charge in [0.15, 0.2) is 0 Å². The molecular formula is C32H34N4O. The fourth-order valence-corrected chi connectivity index (χ4v) is 6.04. The minimum Gasteiger partial charge on any atom is -0.507 e. The minimum absolute atomic E-state index is 0.459. The van der Waals surface area contributed by atoms with Crippen molar-refractivity contribution in [3.63, 3.8) is 0 Å². The third-order valence-electron chi connectivity index (χ3n) is 8.32. The van der Waals surface area contributed by atoms with E-state index in [1.165, 1.54) is 42.5 Å². The van der Waals surface area contributed by atoms with Crippen molar-refractivity contribution < 1.29 is 5.11 Å². The zero-order chi connectivity index (χ0) is 24.9. The molecule has 0 bridgehead atoms. The first-order valence-corrected chi connectivity index (χ1v) is 14.0. The van der Waals surface area contributed by atoms with E-state index in [1.807, 2.05) is 6.20 Å². The molecule has 7 rings (SSSR count). The Labute approximate surface area is 218 Å². The van der Waals surface area contributed by atoms with Crippen molar-refractivity contribution in [2.45, 2.75) is 76.5 Å². The summed E-state index contributed by atoms with van der Waals surface area (Å²) in [5.41, 5.74) is 10.6. The van der Waals surface area contributed by atoms with Gasteiger partial charge in [0, 0.05) is 11.8 Å². The highest BCUT2D eigenvalue weighted by molar-refractivity contribution is 5.70. The second-order valence-corrected chi connectivity index (χ2v) is 11.0. The van der Waals surface area contributed by atoms with E-state index in [4.69, 9.17) is 10.2 Å². The van der Waals surface area contributed by atoms with Gasteiger partial charge < -0.3 is 5.11 Å². The van der Waals surface area contributed by atoms with Crippen molar-refractivity contribution in [1.82, 2.24) is 19.6 Å². The maximum atomic E-state index is 10.8. The number of allylic oxidation sites excluding steroid dienone is 1. The summed E-state index contributed by atoms with van der Waals surface area (Å²) in [4.78, 5) is 0. The second-order valence-electron chi connectivity index (χ2n) is 11.0. The Hall–Kier alpha value is -3.60.